The van der Waals surface area contributed by atoms with E-state index in [-0.39, 0.29) is 6.54 Å². The number of anilines is 1. The fraction of sp³-hybridized carbons (Fsp3) is 0.417. The molecular weight excluding hydrogens is 228 g/mol. The lowest BCUT2D eigenvalue weighted by atomic mass is 9.93. The number of carbonyl (C=O) groups is 1. The Kier molecular flexibility index (Phi) is 3.70. The Labute approximate surface area is 98.7 Å². The molecule has 0 saturated carbocycles. The van der Waals surface area contributed by atoms with Crippen LogP contribution >= 0.6 is 0 Å². The highest BCUT2D eigenvalue weighted by Gasteiger charge is 2.28. The molecule has 1 rings (SSSR count). The summed E-state index contributed by atoms with van der Waals surface area (Å²) in [7, 11) is 1.64. The van der Waals surface area contributed by atoms with E-state index in [2.05, 4.69) is 0 Å². The maximum Gasteiger partial charge on any atom is 0.310 e. The Morgan fingerprint density at radius 2 is 1.94 bits per heavy atom. The first-order valence-corrected chi connectivity index (χ1v) is 5.13. The van der Waals surface area contributed by atoms with E-state index < -0.39 is 23.0 Å². The molecule has 0 radical (unpaired) electrons. The van der Waals surface area contributed by atoms with Crippen LogP contribution in [-0.2, 0) is 4.79 Å². The smallest absolute Gasteiger partial charge is 0.310 e. The number of aliphatic carboxylic acids is 1. The van der Waals surface area contributed by atoms with Crippen molar-refractivity contribution in [3.05, 3.63) is 29.8 Å². The van der Waals surface area contributed by atoms with Gasteiger partial charge >= 0.3 is 5.97 Å². The average molecular weight is 243 g/mol. The van der Waals surface area contributed by atoms with E-state index in [1.807, 2.05) is 0 Å². The normalized spacial score (nSPS) is 11.4. The summed E-state index contributed by atoms with van der Waals surface area (Å²) in [5.41, 5.74) is -0.516. The molecule has 1 aromatic carbocycles. The van der Waals surface area contributed by atoms with Crippen LogP contribution in [0.15, 0.2) is 18.2 Å². The Bertz CT molecular complexity index is 433. The summed E-state index contributed by atoms with van der Waals surface area (Å²) in [6, 6.07) is 3.48. The van der Waals surface area contributed by atoms with Crippen molar-refractivity contribution in [1.29, 1.82) is 0 Å². The van der Waals surface area contributed by atoms with Gasteiger partial charge in [-0.15, -0.1) is 0 Å². The van der Waals surface area contributed by atoms with Crippen LogP contribution in [0, 0.1) is 17.0 Å². The maximum atomic E-state index is 13.0. The zero-order valence-electron chi connectivity index (χ0n) is 10.00. The molecule has 5 heteroatoms. The van der Waals surface area contributed by atoms with Crippen molar-refractivity contribution in [2.45, 2.75) is 13.8 Å². The van der Waals surface area contributed by atoms with Crippen molar-refractivity contribution in [3.63, 3.8) is 0 Å². The lowest BCUT2D eigenvalue weighted by Crippen LogP contribution is -2.37. The summed E-state index contributed by atoms with van der Waals surface area (Å²) in [6.45, 7) is 3.35. The third-order valence-corrected chi connectivity index (χ3v) is 2.56. The van der Waals surface area contributed by atoms with Crippen molar-refractivity contribution in [2.75, 3.05) is 18.5 Å². The molecule has 0 heterocycles. The highest BCUT2D eigenvalue weighted by molar-refractivity contribution is 5.74. The van der Waals surface area contributed by atoms with Gasteiger partial charge in [-0.1, -0.05) is 0 Å². The molecule has 1 N–H and O–H groups in total. The molecule has 17 heavy (non-hydrogen) atoms. The predicted octanol–water partition coefficient (Wildman–Crippen LogP) is 2.51. The SMILES string of the molecule is CN(CC(C)(C)C(=O)O)c1ccc(F)c(F)c1. The number of hydrogen-bond acceptors (Lipinski definition) is 2. The number of rotatable bonds is 4. The lowest BCUT2D eigenvalue weighted by Gasteiger charge is -2.28. The van der Waals surface area contributed by atoms with Gasteiger partial charge in [-0.05, 0) is 26.0 Å². The molecule has 0 spiro atoms. The van der Waals surface area contributed by atoms with Crippen molar-refractivity contribution < 1.29 is 18.7 Å². The number of nitrogens with zero attached hydrogens (tertiary/aromatic N) is 1. The Balaban J connectivity index is 2.87. The van der Waals surface area contributed by atoms with Gasteiger partial charge in [0.1, 0.15) is 0 Å². The predicted molar refractivity (Wildman–Crippen MR) is 61.0 cm³/mol. The Morgan fingerprint density at radius 3 is 2.41 bits per heavy atom. The van der Waals surface area contributed by atoms with E-state index in [0.29, 0.717) is 5.69 Å². The second-order valence-electron chi connectivity index (χ2n) is 4.64. The molecule has 0 unspecified atom stereocenters. The van der Waals surface area contributed by atoms with Crippen LogP contribution in [-0.4, -0.2) is 24.7 Å². The molecule has 94 valence electrons. The molecular formula is C12H15F2NO2. The fourth-order valence-electron chi connectivity index (χ4n) is 1.47. The largest absolute Gasteiger partial charge is 0.481 e. The fourth-order valence-corrected chi connectivity index (χ4v) is 1.47. The molecule has 0 aliphatic carbocycles. The molecule has 0 atom stereocenters. The molecule has 0 amide bonds. The number of halogens is 2. The van der Waals surface area contributed by atoms with Gasteiger partial charge in [0, 0.05) is 25.3 Å². The molecule has 0 aromatic heterocycles. The minimum Gasteiger partial charge on any atom is -0.481 e. The van der Waals surface area contributed by atoms with Crippen LogP contribution < -0.4 is 4.90 Å². The summed E-state index contributed by atoms with van der Waals surface area (Å²) < 4.78 is 25.8. The highest BCUT2D eigenvalue weighted by Crippen LogP contribution is 2.22. The van der Waals surface area contributed by atoms with E-state index in [1.54, 1.807) is 25.8 Å². The first-order valence-electron chi connectivity index (χ1n) is 5.13. The van der Waals surface area contributed by atoms with Crippen LogP contribution in [0.5, 0.6) is 0 Å². The van der Waals surface area contributed by atoms with Gasteiger partial charge in [0.15, 0.2) is 11.6 Å². The zero-order valence-corrected chi connectivity index (χ0v) is 10.00. The van der Waals surface area contributed by atoms with Gasteiger partial charge in [-0.2, -0.15) is 0 Å². The zero-order chi connectivity index (χ0) is 13.2. The van der Waals surface area contributed by atoms with Crippen LogP contribution in [0.1, 0.15) is 13.8 Å². The van der Waals surface area contributed by atoms with Crippen molar-refractivity contribution in [3.8, 4) is 0 Å². The number of hydrogen-bond donors (Lipinski definition) is 1. The van der Waals surface area contributed by atoms with Gasteiger partial charge < -0.3 is 10.0 Å². The average Bonchev–Trinajstić information content (AvgIpc) is 2.21. The van der Waals surface area contributed by atoms with Crippen molar-refractivity contribution in [1.82, 2.24) is 0 Å². The summed E-state index contributed by atoms with van der Waals surface area (Å²) >= 11 is 0. The first-order chi connectivity index (χ1) is 7.74. The number of benzene rings is 1. The second kappa shape index (κ2) is 4.69. The quantitative estimate of drug-likeness (QED) is 0.883. The van der Waals surface area contributed by atoms with E-state index in [9.17, 15) is 13.6 Å². The van der Waals surface area contributed by atoms with Gasteiger partial charge in [-0.25, -0.2) is 8.78 Å². The van der Waals surface area contributed by atoms with E-state index >= 15 is 0 Å². The number of carboxylic acid groups (broad SMARTS) is 1. The molecule has 0 aliphatic heterocycles. The summed E-state index contributed by atoms with van der Waals surface area (Å²) in [5.74, 6) is -2.80. The number of carboxylic acids is 1. The lowest BCUT2D eigenvalue weighted by molar-refractivity contribution is -0.146. The molecule has 0 saturated heterocycles. The van der Waals surface area contributed by atoms with E-state index in [4.69, 9.17) is 5.11 Å². The van der Waals surface area contributed by atoms with Crippen LogP contribution in [0.3, 0.4) is 0 Å². The van der Waals surface area contributed by atoms with Crippen LogP contribution in [0.4, 0.5) is 14.5 Å². The molecule has 0 aliphatic rings. The van der Waals surface area contributed by atoms with Gasteiger partial charge in [0.25, 0.3) is 0 Å². The minimum atomic E-state index is -0.959. The van der Waals surface area contributed by atoms with Crippen molar-refractivity contribution >= 4 is 11.7 Å². The monoisotopic (exact) mass is 243 g/mol. The maximum absolute atomic E-state index is 13.0. The summed E-state index contributed by atoms with van der Waals surface area (Å²) in [5, 5.41) is 8.98. The van der Waals surface area contributed by atoms with Crippen molar-refractivity contribution in [2.24, 2.45) is 5.41 Å². The first kappa shape index (κ1) is 13.4. The minimum absolute atomic E-state index is 0.202. The Hall–Kier alpha value is -1.65. The third kappa shape index (κ3) is 3.15. The standard InChI is InChI=1S/C12H15F2NO2/c1-12(2,11(16)17)7-15(3)8-4-5-9(13)10(14)6-8/h4-6H,7H2,1-3H3,(H,16,17). The molecule has 0 fully saturated rings. The van der Waals surface area contributed by atoms with Crippen LogP contribution in [0.25, 0.3) is 0 Å². The second-order valence-corrected chi connectivity index (χ2v) is 4.64. The summed E-state index contributed by atoms with van der Waals surface area (Å²) in [4.78, 5) is 12.5. The van der Waals surface area contributed by atoms with E-state index in [1.165, 1.54) is 6.07 Å². The van der Waals surface area contributed by atoms with E-state index in [0.717, 1.165) is 12.1 Å². The van der Waals surface area contributed by atoms with Gasteiger partial charge in [-0.3, -0.25) is 4.79 Å². The summed E-state index contributed by atoms with van der Waals surface area (Å²) in [6.07, 6.45) is 0. The Morgan fingerprint density at radius 1 is 1.35 bits per heavy atom. The third-order valence-electron chi connectivity index (χ3n) is 2.56. The van der Waals surface area contributed by atoms with Gasteiger partial charge in [0.05, 0.1) is 5.41 Å². The topological polar surface area (TPSA) is 40.5 Å². The highest BCUT2D eigenvalue weighted by atomic mass is 19.2. The molecule has 3 nitrogen and oxygen atoms in total. The van der Waals surface area contributed by atoms with Crippen LogP contribution in [0.2, 0.25) is 0 Å². The molecule has 0 bridgehead atoms. The molecule has 1 aromatic rings. The van der Waals surface area contributed by atoms with Gasteiger partial charge in [0.2, 0.25) is 0 Å².